The number of amides is 1. The molecule has 7 heteroatoms. The Balaban J connectivity index is 1.97. The van der Waals surface area contributed by atoms with E-state index in [4.69, 9.17) is 17.3 Å². The third-order valence-corrected chi connectivity index (χ3v) is 4.17. The van der Waals surface area contributed by atoms with E-state index in [0.29, 0.717) is 16.4 Å². The van der Waals surface area contributed by atoms with Gasteiger partial charge in [-0.3, -0.25) is 4.79 Å². The lowest BCUT2D eigenvalue weighted by molar-refractivity contribution is -0.184. The Morgan fingerprint density at radius 3 is 2.38 bits per heavy atom. The molecule has 1 aromatic rings. The van der Waals surface area contributed by atoms with Crippen LogP contribution in [-0.2, 0) is 4.79 Å². The highest BCUT2D eigenvalue weighted by Gasteiger charge is 2.42. The summed E-state index contributed by atoms with van der Waals surface area (Å²) in [5, 5.41) is 2.94. The molecule has 0 spiro atoms. The van der Waals surface area contributed by atoms with E-state index in [9.17, 15) is 18.0 Å². The second-order valence-electron chi connectivity index (χ2n) is 5.28. The van der Waals surface area contributed by atoms with Crippen LogP contribution in [0.3, 0.4) is 0 Å². The molecule has 3 N–H and O–H groups in total. The zero-order chi connectivity index (χ0) is 15.6. The lowest BCUT2D eigenvalue weighted by atomic mass is 9.81. The number of carbonyl (C=O) groups excluding carboxylic acids is 1. The Labute approximate surface area is 125 Å². The Bertz CT molecular complexity index is 505. The van der Waals surface area contributed by atoms with Gasteiger partial charge in [0.15, 0.2) is 0 Å². The Morgan fingerprint density at radius 1 is 1.24 bits per heavy atom. The van der Waals surface area contributed by atoms with Crippen molar-refractivity contribution in [3.63, 3.8) is 0 Å². The lowest BCUT2D eigenvalue weighted by Crippen LogP contribution is -2.32. The molecule has 0 heterocycles. The first kappa shape index (κ1) is 15.9. The van der Waals surface area contributed by atoms with Gasteiger partial charge in [-0.25, -0.2) is 0 Å². The summed E-state index contributed by atoms with van der Waals surface area (Å²) in [6.07, 6.45) is -3.76. The van der Waals surface area contributed by atoms with Gasteiger partial charge in [0, 0.05) is 5.92 Å². The molecule has 1 amide bonds. The van der Waals surface area contributed by atoms with Gasteiger partial charge < -0.3 is 11.1 Å². The summed E-state index contributed by atoms with van der Waals surface area (Å²) in [4.78, 5) is 12.1. The lowest BCUT2D eigenvalue weighted by Gasteiger charge is -2.29. The summed E-state index contributed by atoms with van der Waals surface area (Å²) in [5.74, 6) is -2.05. The van der Waals surface area contributed by atoms with E-state index in [1.807, 2.05) is 0 Å². The molecular weight excluding hydrogens is 305 g/mol. The van der Waals surface area contributed by atoms with Gasteiger partial charge in [-0.1, -0.05) is 17.7 Å². The molecule has 0 radical (unpaired) electrons. The fraction of sp³-hybridized carbons (Fsp3) is 0.500. The Morgan fingerprint density at radius 2 is 1.86 bits per heavy atom. The van der Waals surface area contributed by atoms with E-state index < -0.39 is 18.0 Å². The number of carbonyl (C=O) groups is 1. The number of anilines is 2. The third kappa shape index (κ3) is 3.81. The van der Waals surface area contributed by atoms with Crippen molar-refractivity contribution in [1.29, 1.82) is 0 Å². The summed E-state index contributed by atoms with van der Waals surface area (Å²) in [7, 11) is 0. The topological polar surface area (TPSA) is 55.1 Å². The van der Waals surface area contributed by atoms with Crippen molar-refractivity contribution in [2.75, 3.05) is 11.1 Å². The highest BCUT2D eigenvalue weighted by Crippen LogP contribution is 2.40. The number of nitrogens with one attached hydrogen (secondary N) is 1. The number of benzene rings is 1. The quantitative estimate of drug-likeness (QED) is 0.801. The molecule has 1 saturated carbocycles. The second kappa shape index (κ2) is 6.13. The molecule has 0 aromatic heterocycles. The van der Waals surface area contributed by atoms with Crippen LogP contribution in [-0.4, -0.2) is 12.1 Å². The maximum Gasteiger partial charge on any atom is 0.391 e. The molecule has 3 nitrogen and oxygen atoms in total. The summed E-state index contributed by atoms with van der Waals surface area (Å²) in [6.45, 7) is 0. The van der Waals surface area contributed by atoms with Crippen molar-refractivity contribution in [2.45, 2.75) is 31.9 Å². The summed E-state index contributed by atoms with van der Waals surface area (Å²) in [5.41, 5.74) is 6.39. The number of nitrogen functional groups attached to an aromatic ring is 1. The summed E-state index contributed by atoms with van der Waals surface area (Å²) in [6, 6.07) is 4.85. The van der Waals surface area contributed by atoms with E-state index in [1.165, 1.54) is 0 Å². The summed E-state index contributed by atoms with van der Waals surface area (Å²) >= 11 is 5.95. The highest BCUT2D eigenvalue weighted by atomic mass is 35.5. The fourth-order valence-corrected chi connectivity index (χ4v) is 2.81. The monoisotopic (exact) mass is 320 g/mol. The van der Waals surface area contributed by atoms with E-state index >= 15 is 0 Å². The van der Waals surface area contributed by atoms with Gasteiger partial charge >= 0.3 is 6.18 Å². The molecule has 2 rings (SSSR count). The van der Waals surface area contributed by atoms with Crippen LogP contribution in [0, 0.1) is 11.8 Å². The van der Waals surface area contributed by atoms with E-state index in [2.05, 4.69) is 5.32 Å². The number of alkyl halides is 3. The van der Waals surface area contributed by atoms with E-state index in [1.54, 1.807) is 18.2 Å². The number of nitrogens with two attached hydrogens (primary N) is 1. The van der Waals surface area contributed by atoms with Gasteiger partial charge in [0.1, 0.15) is 0 Å². The maximum atomic E-state index is 12.6. The van der Waals surface area contributed by atoms with Gasteiger partial charge in [0.25, 0.3) is 0 Å². The predicted molar refractivity (Wildman–Crippen MR) is 76.0 cm³/mol. The first-order valence-corrected chi connectivity index (χ1v) is 7.08. The van der Waals surface area contributed by atoms with Crippen molar-refractivity contribution in [1.82, 2.24) is 0 Å². The average Bonchev–Trinajstić information content (AvgIpc) is 2.42. The van der Waals surface area contributed by atoms with Gasteiger partial charge in [0.2, 0.25) is 5.91 Å². The minimum Gasteiger partial charge on any atom is -0.397 e. The number of rotatable bonds is 2. The average molecular weight is 321 g/mol. The summed E-state index contributed by atoms with van der Waals surface area (Å²) < 4.78 is 37.8. The third-order valence-electron chi connectivity index (χ3n) is 3.85. The maximum absolute atomic E-state index is 12.6. The molecule has 0 unspecified atom stereocenters. The van der Waals surface area contributed by atoms with Gasteiger partial charge in [-0.15, -0.1) is 0 Å². The van der Waals surface area contributed by atoms with Gasteiger partial charge in [-0.05, 0) is 37.8 Å². The zero-order valence-electron chi connectivity index (χ0n) is 11.2. The minimum absolute atomic E-state index is 0.0143. The molecule has 1 fully saturated rings. The van der Waals surface area contributed by atoms with Crippen molar-refractivity contribution in [3.05, 3.63) is 23.2 Å². The van der Waals surface area contributed by atoms with Crippen LogP contribution in [0.5, 0.6) is 0 Å². The first-order valence-electron chi connectivity index (χ1n) is 6.70. The van der Waals surface area contributed by atoms with Gasteiger partial charge in [0.05, 0.1) is 22.3 Å². The largest absolute Gasteiger partial charge is 0.397 e. The molecule has 1 aliphatic rings. The highest BCUT2D eigenvalue weighted by molar-refractivity contribution is 6.34. The molecule has 0 atom stereocenters. The number of para-hydroxylation sites is 1. The molecule has 1 aliphatic carbocycles. The SMILES string of the molecule is Nc1cccc(Cl)c1NC(=O)C1CCC(C(F)(F)F)CC1. The van der Waals surface area contributed by atoms with Crippen LogP contribution in [0.2, 0.25) is 5.02 Å². The fourth-order valence-electron chi connectivity index (χ4n) is 2.58. The first-order chi connectivity index (χ1) is 9.79. The molecule has 0 aliphatic heterocycles. The van der Waals surface area contributed by atoms with Gasteiger partial charge in [-0.2, -0.15) is 13.2 Å². The van der Waals surface area contributed by atoms with Crippen LogP contribution >= 0.6 is 11.6 Å². The molecule has 0 saturated heterocycles. The normalized spacial score (nSPS) is 22.9. The smallest absolute Gasteiger partial charge is 0.391 e. The van der Waals surface area contributed by atoms with Crippen molar-refractivity contribution in [3.8, 4) is 0 Å². The molecular formula is C14H16ClF3N2O. The van der Waals surface area contributed by atoms with E-state index in [-0.39, 0.29) is 31.6 Å². The van der Waals surface area contributed by atoms with Crippen molar-refractivity contribution < 1.29 is 18.0 Å². The zero-order valence-corrected chi connectivity index (χ0v) is 12.0. The van der Waals surface area contributed by atoms with Crippen LogP contribution in [0.25, 0.3) is 0 Å². The van der Waals surface area contributed by atoms with Crippen LogP contribution in [0.4, 0.5) is 24.5 Å². The molecule has 116 valence electrons. The minimum atomic E-state index is -4.17. The van der Waals surface area contributed by atoms with Crippen LogP contribution in [0.1, 0.15) is 25.7 Å². The molecule has 1 aromatic carbocycles. The Kier molecular flexibility index (Phi) is 4.66. The number of hydrogen-bond acceptors (Lipinski definition) is 2. The molecule has 0 bridgehead atoms. The standard InChI is InChI=1S/C14H16ClF3N2O/c15-10-2-1-3-11(19)12(10)20-13(21)8-4-6-9(7-5-8)14(16,17)18/h1-3,8-9H,4-7,19H2,(H,20,21). The van der Waals surface area contributed by atoms with Crippen LogP contribution < -0.4 is 11.1 Å². The molecule has 21 heavy (non-hydrogen) atoms. The van der Waals surface area contributed by atoms with Crippen molar-refractivity contribution >= 4 is 28.9 Å². The van der Waals surface area contributed by atoms with E-state index in [0.717, 1.165) is 0 Å². The number of halogens is 4. The predicted octanol–water partition coefficient (Wildman–Crippen LogP) is 4.23. The van der Waals surface area contributed by atoms with Crippen LogP contribution in [0.15, 0.2) is 18.2 Å². The number of hydrogen-bond donors (Lipinski definition) is 2. The Hall–Kier alpha value is -1.43. The van der Waals surface area contributed by atoms with Crippen molar-refractivity contribution in [2.24, 2.45) is 11.8 Å². The second-order valence-corrected chi connectivity index (χ2v) is 5.69.